The summed E-state index contributed by atoms with van der Waals surface area (Å²) in [4.78, 5) is 56.5. The molecule has 46 heavy (non-hydrogen) atoms. The Labute approximate surface area is 274 Å². The van der Waals surface area contributed by atoms with Crippen molar-refractivity contribution in [1.29, 1.82) is 0 Å². The lowest BCUT2D eigenvalue weighted by Crippen LogP contribution is -2.77. The van der Waals surface area contributed by atoms with E-state index >= 15 is 4.79 Å². The third kappa shape index (κ3) is 5.43. The molecule has 3 aliphatic carbocycles. The zero-order valence-corrected chi connectivity index (χ0v) is 30.2. The zero-order chi connectivity index (χ0) is 34.5. The van der Waals surface area contributed by atoms with E-state index in [-0.39, 0.29) is 24.0 Å². The average Bonchev–Trinajstić information content (AvgIpc) is 3.01. The second-order valence-electron chi connectivity index (χ2n) is 14.4. The Morgan fingerprint density at radius 2 is 1.57 bits per heavy atom. The van der Waals surface area contributed by atoms with E-state index in [1.165, 1.54) is 14.0 Å². The van der Waals surface area contributed by atoms with E-state index in [1.54, 1.807) is 58.0 Å². The van der Waals surface area contributed by atoms with E-state index in [0.29, 0.717) is 12.0 Å². The van der Waals surface area contributed by atoms with Crippen LogP contribution in [0.3, 0.4) is 0 Å². The van der Waals surface area contributed by atoms with Crippen LogP contribution in [0.5, 0.6) is 0 Å². The number of hydrogen-bond donors (Lipinski definition) is 1. The molecule has 254 valence electrons. The molecule has 1 aromatic carbocycles. The van der Waals surface area contributed by atoms with Crippen LogP contribution in [0, 0.1) is 16.7 Å². The Bertz CT molecular complexity index is 1390. The molecule has 3 aliphatic rings. The highest BCUT2D eigenvalue weighted by molar-refractivity contribution is 6.73. The van der Waals surface area contributed by atoms with Crippen molar-refractivity contribution in [3.05, 3.63) is 47.0 Å². The minimum atomic E-state index is -2.43. The fourth-order valence-electron chi connectivity index (χ4n) is 8.91. The standard InChI is InChI=1S/C36H52O9Si/c1-11-46(12-2,13-3)45-25-21-26(42-10)35(9,44-23(5)37)29-31(43-32(40)24-17-15-14-16-18-24)36(41)20-19-22(4)27(33(36,6)7)28(38)30(39)34(25,29)8/h14-18,25-26,29,31,41H,11-13,19-21H2,1-10H3/t25-,26+,29?,31-,34+,35-,36+/m0/s1. The zero-order valence-electron chi connectivity index (χ0n) is 29.2. The SMILES string of the molecule is CC[Si](CC)(CC)O[C@H]1C[C@@H](OC)[C@](C)(OC(C)=O)C2[C@H](OC(=O)c3ccccc3)[C@]3(O)CCC(C)=C(C(=O)C(=O)[C@@]21C)C3(C)C. The third-order valence-electron chi connectivity index (χ3n) is 11.9. The molecule has 7 atom stereocenters. The normalized spacial score (nSPS) is 34.3. The van der Waals surface area contributed by atoms with Crippen molar-refractivity contribution in [1.82, 2.24) is 0 Å². The molecule has 10 heteroatoms. The number of ether oxygens (including phenoxy) is 3. The van der Waals surface area contributed by atoms with Crippen molar-refractivity contribution < 1.29 is 42.9 Å². The van der Waals surface area contributed by atoms with Crippen LogP contribution in [0.15, 0.2) is 41.5 Å². The summed E-state index contributed by atoms with van der Waals surface area (Å²) >= 11 is 0. The summed E-state index contributed by atoms with van der Waals surface area (Å²) < 4.78 is 25.8. The minimum absolute atomic E-state index is 0.146. The molecule has 1 N–H and O–H groups in total. The van der Waals surface area contributed by atoms with E-state index in [4.69, 9.17) is 18.6 Å². The fraction of sp³-hybridized carbons (Fsp3) is 0.667. The number of ketones is 2. The Balaban J connectivity index is 2.12. The van der Waals surface area contributed by atoms with E-state index < -0.39 is 78.1 Å². The summed E-state index contributed by atoms with van der Waals surface area (Å²) in [7, 11) is -0.934. The molecule has 0 heterocycles. The number of hydrogen-bond acceptors (Lipinski definition) is 9. The number of allylic oxidation sites excluding steroid dienone is 1. The van der Waals surface area contributed by atoms with Gasteiger partial charge < -0.3 is 23.7 Å². The first-order chi connectivity index (χ1) is 21.4. The first-order valence-corrected chi connectivity index (χ1v) is 19.1. The van der Waals surface area contributed by atoms with Crippen LogP contribution in [0.4, 0.5) is 0 Å². The summed E-state index contributed by atoms with van der Waals surface area (Å²) in [6.07, 6.45) is -2.46. The summed E-state index contributed by atoms with van der Waals surface area (Å²) in [6, 6.07) is 10.8. The van der Waals surface area contributed by atoms with Crippen LogP contribution in [-0.2, 0) is 33.0 Å². The monoisotopic (exact) mass is 656 g/mol. The molecule has 2 fully saturated rings. The van der Waals surface area contributed by atoms with E-state index in [0.717, 1.165) is 18.1 Å². The van der Waals surface area contributed by atoms with Gasteiger partial charge in [0.15, 0.2) is 8.32 Å². The first-order valence-electron chi connectivity index (χ1n) is 16.6. The molecular weight excluding hydrogens is 604 g/mol. The fourth-order valence-corrected chi connectivity index (χ4v) is 11.9. The predicted octanol–water partition coefficient (Wildman–Crippen LogP) is 5.98. The number of fused-ring (bicyclic) bond motifs is 3. The second kappa shape index (κ2) is 12.7. The molecule has 4 rings (SSSR count). The van der Waals surface area contributed by atoms with Crippen LogP contribution < -0.4 is 0 Å². The van der Waals surface area contributed by atoms with E-state index in [1.807, 2.05) is 6.92 Å². The largest absolute Gasteiger partial charge is 0.456 e. The molecule has 2 bridgehead atoms. The van der Waals surface area contributed by atoms with Gasteiger partial charge in [0.25, 0.3) is 0 Å². The number of Topliss-reactive ketones (excluding diaryl/α,β-unsaturated/α-hetero) is 2. The van der Waals surface area contributed by atoms with Gasteiger partial charge in [-0.3, -0.25) is 14.4 Å². The van der Waals surface area contributed by atoms with Crippen LogP contribution in [0.1, 0.15) is 91.9 Å². The number of carbonyl (C=O) groups is 4. The quantitative estimate of drug-likeness (QED) is 0.194. The van der Waals surface area contributed by atoms with Gasteiger partial charge in [-0.2, -0.15) is 0 Å². The number of rotatable bonds is 9. The molecule has 0 radical (unpaired) electrons. The number of aliphatic hydroxyl groups is 1. The Kier molecular flexibility index (Phi) is 10.0. The first kappa shape index (κ1) is 36.2. The van der Waals surface area contributed by atoms with Gasteiger partial charge in [-0.05, 0) is 63.9 Å². The van der Waals surface area contributed by atoms with E-state index in [2.05, 4.69) is 20.8 Å². The number of carbonyl (C=O) groups excluding carboxylic acids is 4. The molecule has 0 amide bonds. The van der Waals surface area contributed by atoms with Gasteiger partial charge in [0, 0.05) is 31.4 Å². The molecule has 0 aliphatic heterocycles. The van der Waals surface area contributed by atoms with E-state index in [9.17, 15) is 19.5 Å². The maximum Gasteiger partial charge on any atom is 0.338 e. The molecule has 1 unspecified atom stereocenters. The van der Waals surface area contributed by atoms with Crippen LogP contribution in [0.2, 0.25) is 18.1 Å². The molecular formula is C36H52O9Si. The van der Waals surface area contributed by atoms with Crippen molar-refractivity contribution >= 4 is 31.8 Å². The van der Waals surface area contributed by atoms with Gasteiger partial charge in [-0.25, -0.2) is 4.79 Å². The molecule has 1 aromatic rings. The van der Waals surface area contributed by atoms with Gasteiger partial charge in [-0.15, -0.1) is 0 Å². The highest BCUT2D eigenvalue weighted by Crippen LogP contribution is 2.62. The lowest BCUT2D eigenvalue weighted by atomic mass is 9.46. The number of methoxy groups -OCH3 is 1. The van der Waals surface area contributed by atoms with Crippen LogP contribution >= 0.6 is 0 Å². The molecule has 0 saturated heterocycles. The topological polar surface area (TPSA) is 125 Å². The maximum atomic E-state index is 15.1. The Morgan fingerprint density at radius 3 is 2.09 bits per heavy atom. The van der Waals surface area contributed by atoms with Crippen LogP contribution in [-0.4, -0.2) is 73.6 Å². The predicted molar refractivity (Wildman–Crippen MR) is 176 cm³/mol. The number of benzene rings is 1. The van der Waals surface area contributed by atoms with Crippen molar-refractivity contribution in [3.8, 4) is 0 Å². The maximum absolute atomic E-state index is 15.1. The van der Waals surface area contributed by atoms with Gasteiger partial charge in [-0.1, -0.05) is 58.4 Å². The number of esters is 2. The van der Waals surface area contributed by atoms with Crippen LogP contribution in [0.25, 0.3) is 0 Å². The smallest absolute Gasteiger partial charge is 0.338 e. The average molecular weight is 657 g/mol. The minimum Gasteiger partial charge on any atom is -0.456 e. The molecule has 9 nitrogen and oxygen atoms in total. The van der Waals surface area contributed by atoms with Gasteiger partial charge in [0.2, 0.25) is 11.6 Å². The Morgan fingerprint density at radius 1 is 0.978 bits per heavy atom. The summed E-state index contributed by atoms with van der Waals surface area (Å²) in [5.74, 6) is -3.95. The summed E-state index contributed by atoms with van der Waals surface area (Å²) in [5.41, 5.74) is -5.23. The third-order valence-corrected chi connectivity index (χ3v) is 16.6. The second-order valence-corrected chi connectivity index (χ2v) is 19.1. The van der Waals surface area contributed by atoms with Crippen molar-refractivity contribution in [2.24, 2.45) is 16.7 Å². The molecule has 0 aromatic heterocycles. The lowest BCUT2D eigenvalue weighted by Gasteiger charge is -2.64. The van der Waals surface area contributed by atoms with Gasteiger partial charge >= 0.3 is 11.9 Å². The van der Waals surface area contributed by atoms with Crippen molar-refractivity contribution in [2.75, 3.05) is 7.11 Å². The molecule has 2 saturated carbocycles. The summed E-state index contributed by atoms with van der Waals surface area (Å²) in [5, 5.41) is 13.1. The highest BCUT2D eigenvalue weighted by atomic mass is 28.4. The van der Waals surface area contributed by atoms with Crippen molar-refractivity contribution in [3.63, 3.8) is 0 Å². The summed E-state index contributed by atoms with van der Waals surface area (Å²) in [6.45, 7) is 16.1. The Hall–Kier alpha value is -2.66. The highest BCUT2D eigenvalue weighted by Gasteiger charge is 2.74. The molecule has 0 spiro atoms. The lowest BCUT2D eigenvalue weighted by molar-refractivity contribution is -0.273. The van der Waals surface area contributed by atoms with Gasteiger partial charge in [0.05, 0.1) is 29.1 Å². The van der Waals surface area contributed by atoms with Crippen molar-refractivity contribution in [2.45, 2.75) is 129 Å². The van der Waals surface area contributed by atoms with Gasteiger partial charge in [0.1, 0.15) is 17.3 Å².